The van der Waals surface area contributed by atoms with E-state index in [2.05, 4.69) is 10.0 Å². The monoisotopic (exact) mass is 438 g/mol. The largest absolute Gasteiger partial charge is 0.495 e. The van der Waals surface area contributed by atoms with E-state index in [9.17, 15) is 22.0 Å². The first-order chi connectivity index (χ1) is 14.2. The van der Waals surface area contributed by atoms with E-state index in [0.29, 0.717) is 0 Å². The van der Waals surface area contributed by atoms with Crippen LogP contribution in [0, 0.1) is 11.6 Å². The first-order valence-electron chi connectivity index (χ1n) is 9.67. The van der Waals surface area contributed by atoms with Crippen LogP contribution in [0.3, 0.4) is 0 Å². The first-order valence-corrected chi connectivity index (χ1v) is 11.2. The van der Waals surface area contributed by atoms with E-state index in [4.69, 9.17) is 4.74 Å². The third-order valence-corrected chi connectivity index (χ3v) is 6.71. The van der Waals surface area contributed by atoms with Crippen molar-refractivity contribution in [1.29, 1.82) is 0 Å². The minimum atomic E-state index is -3.89. The molecule has 30 heavy (non-hydrogen) atoms. The molecule has 9 heteroatoms. The highest BCUT2D eigenvalue weighted by molar-refractivity contribution is 7.89. The molecule has 1 atom stereocenters. The van der Waals surface area contributed by atoms with E-state index in [1.165, 1.54) is 31.4 Å². The molecule has 0 aliphatic heterocycles. The van der Waals surface area contributed by atoms with Crippen LogP contribution in [0.5, 0.6) is 5.75 Å². The second-order valence-corrected chi connectivity index (χ2v) is 9.01. The Morgan fingerprint density at radius 1 is 1.13 bits per heavy atom. The SMILES string of the molecule is COc1ccc(C(=O)NC(C)c2ccc(F)cc2F)cc1S(=O)(=O)NC1CCCC1. The van der Waals surface area contributed by atoms with Gasteiger partial charge in [-0.1, -0.05) is 18.9 Å². The Morgan fingerprint density at radius 3 is 2.47 bits per heavy atom. The van der Waals surface area contributed by atoms with Crippen LogP contribution in [-0.2, 0) is 10.0 Å². The van der Waals surface area contributed by atoms with Crippen LogP contribution in [0.2, 0.25) is 0 Å². The predicted octanol–water partition coefficient (Wildman–Crippen LogP) is 3.69. The van der Waals surface area contributed by atoms with Gasteiger partial charge in [0.15, 0.2) is 0 Å². The summed E-state index contributed by atoms with van der Waals surface area (Å²) in [6, 6.07) is 6.27. The van der Waals surface area contributed by atoms with Gasteiger partial charge in [0.25, 0.3) is 5.91 Å². The zero-order valence-corrected chi connectivity index (χ0v) is 17.6. The lowest BCUT2D eigenvalue weighted by Gasteiger charge is -2.17. The van der Waals surface area contributed by atoms with Gasteiger partial charge in [0.2, 0.25) is 10.0 Å². The smallest absolute Gasteiger partial charge is 0.251 e. The molecular formula is C21H24F2N2O4S. The van der Waals surface area contributed by atoms with Crippen molar-refractivity contribution in [3.8, 4) is 5.75 Å². The number of rotatable bonds is 7. The van der Waals surface area contributed by atoms with E-state index in [1.54, 1.807) is 6.92 Å². The highest BCUT2D eigenvalue weighted by Gasteiger charge is 2.27. The van der Waals surface area contributed by atoms with Gasteiger partial charge in [0, 0.05) is 23.2 Å². The molecule has 0 heterocycles. The topological polar surface area (TPSA) is 84.5 Å². The average Bonchev–Trinajstić information content (AvgIpc) is 3.19. The normalized spacial score (nSPS) is 15.7. The van der Waals surface area contributed by atoms with Crippen molar-refractivity contribution in [3.05, 3.63) is 59.2 Å². The molecule has 3 rings (SSSR count). The summed E-state index contributed by atoms with van der Waals surface area (Å²) < 4.78 is 60.6. The fourth-order valence-corrected chi connectivity index (χ4v) is 5.06. The van der Waals surface area contributed by atoms with Gasteiger partial charge in [-0.25, -0.2) is 21.9 Å². The second-order valence-electron chi connectivity index (χ2n) is 7.33. The van der Waals surface area contributed by atoms with E-state index < -0.39 is 33.6 Å². The minimum Gasteiger partial charge on any atom is -0.495 e. The predicted molar refractivity (Wildman–Crippen MR) is 108 cm³/mol. The van der Waals surface area contributed by atoms with Gasteiger partial charge in [0.05, 0.1) is 13.2 Å². The number of amides is 1. The van der Waals surface area contributed by atoms with Gasteiger partial charge in [0.1, 0.15) is 22.3 Å². The van der Waals surface area contributed by atoms with Crippen LogP contribution in [-0.4, -0.2) is 27.5 Å². The van der Waals surface area contributed by atoms with Crippen molar-refractivity contribution in [1.82, 2.24) is 10.0 Å². The van der Waals surface area contributed by atoms with Crippen molar-refractivity contribution in [2.24, 2.45) is 0 Å². The van der Waals surface area contributed by atoms with Crippen LogP contribution in [0.15, 0.2) is 41.3 Å². The molecule has 6 nitrogen and oxygen atoms in total. The van der Waals surface area contributed by atoms with Gasteiger partial charge in [-0.3, -0.25) is 4.79 Å². The molecule has 0 spiro atoms. The third kappa shape index (κ3) is 4.96. The lowest BCUT2D eigenvalue weighted by Crippen LogP contribution is -2.33. The summed E-state index contributed by atoms with van der Waals surface area (Å²) in [6.45, 7) is 1.55. The molecule has 1 fully saturated rings. The Balaban J connectivity index is 1.83. The Hall–Kier alpha value is -2.52. The minimum absolute atomic E-state index is 0.0805. The summed E-state index contributed by atoms with van der Waals surface area (Å²) in [7, 11) is -2.54. The molecule has 1 aliphatic carbocycles. The van der Waals surface area contributed by atoms with Crippen molar-refractivity contribution >= 4 is 15.9 Å². The van der Waals surface area contributed by atoms with Gasteiger partial charge in [-0.2, -0.15) is 0 Å². The summed E-state index contributed by atoms with van der Waals surface area (Å²) >= 11 is 0. The number of halogens is 2. The summed E-state index contributed by atoms with van der Waals surface area (Å²) in [5.41, 5.74) is 0.200. The molecule has 0 bridgehead atoms. The fourth-order valence-electron chi connectivity index (χ4n) is 3.56. The molecule has 1 amide bonds. The van der Waals surface area contributed by atoms with Crippen LogP contribution in [0.1, 0.15) is 54.6 Å². The van der Waals surface area contributed by atoms with Crippen LogP contribution in [0.25, 0.3) is 0 Å². The third-order valence-electron chi connectivity index (χ3n) is 5.17. The summed E-state index contributed by atoms with van der Waals surface area (Å²) in [4.78, 5) is 12.5. The highest BCUT2D eigenvalue weighted by Crippen LogP contribution is 2.28. The van der Waals surface area contributed by atoms with E-state index in [0.717, 1.165) is 37.8 Å². The Kier molecular flexibility index (Phi) is 6.72. The Bertz CT molecular complexity index is 1040. The standard InChI is InChI=1S/C21H24F2N2O4S/c1-13(17-9-8-15(22)12-18(17)23)24-21(26)14-7-10-19(29-2)20(11-14)30(27,28)25-16-5-3-4-6-16/h7-13,16,25H,3-6H2,1-2H3,(H,24,26). The number of hydrogen-bond donors (Lipinski definition) is 2. The van der Waals surface area contributed by atoms with Gasteiger partial charge in [-0.15, -0.1) is 0 Å². The van der Waals surface area contributed by atoms with Crippen molar-refractivity contribution in [3.63, 3.8) is 0 Å². The number of carbonyl (C=O) groups is 1. The summed E-state index contributed by atoms with van der Waals surface area (Å²) in [5.74, 6) is -1.96. The lowest BCUT2D eigenvalue weighted by molar-refractivity contribution is 0.0939. The van der Waals surface area contributed by atoms with Crippen LogP contribution < -0.4 is 14.8 Å². The van der Waals surface area contributed by atoms with Crippen LogP contribution >= 0.6 is 0 Å². The number of ether oxygens (including phenoxy) is 1. The fraction of sp³-hybridized carbons (Fsp3) is 0.381. The molecule has 0 saturated heterocycles. The summed E-state index contributed by atoms with van der Waals surface area (Å²) in [5, 5.41) is 2.60. The molecule has 0 aromatic heterocycles. The van der Waals surface area contributed by atoms with E-state index in [1.807, 2.05) is 0 Å². The molecule has 162 valence electrons. The van der Waals surface area contributed by atoms with Gasteiger partial charge < -0.3 is 10.1 Å². The lowest BCUT2D eigenvalue weighted by atomic mass is 10.1. The number of methoxy groups -OCH3 is 1. The second kappa shape index (κ2) is 9.09. The number of benzene rings is 2. The maximum atomic E-state index is 14.0. The molecule has 2 N–H and O–H groups in total. The number of hydrogen-bond acceptors (Lipinski definition) is 4. The molecule has 0 radical (unpaired) electrons. The average molecular weight is 438 g/mol. The zero-order valence-electron chi connectivity index (χ0n) is 16.7. The molecule has 2 aromatic carbocycles. The maximum Gasteiger partial charge on any atom is 0.251 e. The molecule has 1 unspecified atom stereocenters. The molecular weight excluding hydrogens is 414 g/mol. The number of carbonyl (C=O) groups excluding carboxylic acids is 1. The maximum absolute atomic E-state index is 14.0. The first kappa shape index (κ1) is 22.2. The van der Waals surface area contributed by atoms with Crippen molar-refractivity contribution in [2.75, 3.05) is 7.11 Å². The van der Waals surface area contributed by atoms with E-state index in [-0.39, 0.29) is 27.8 Å². The Morgan fingerprint density at radius 2 is 1.83 bits per heavy atom. The number of sulfonamides is 1. The molecule has 1 saturated carbocycles. The van der Waals surface area contributed by atoms with Gasteiger partial charge in [-0.05, 0) is 44.0 Å². The quantitative estimate of drug-likeness (QED) is 0.691. The van der Waals surface area contributed by atoms with E-state index >= 15 is 0 Å². The zero-order chi connectivity index (χ0) is 21.9. The van der Waals surface area contributed by atoms with Crippen molar-refractivity contribution in [2.45, 2.75) is 49.6 Å². The molecule has 1 aliphatic rings. The Labute approximate surface area is 174 Å². The molecule has 2 aromatic rings. The van der Waals surface area contributed by atoms with Gasteiger partial charge >= 0.3 is 0 Å². The highest BCUT2D eigenvalue weighted by atomic mass is 32.2. The van der Waals surface area contributed by atoms with Crippen molar-refractivity contribution < 1.29 is 26.7 Å². The summed E-state index contributed by atoms with van der Waals surface area (Å²) in [6.07, 6.45) is 3.46. The number of nitrogens with one attached hydrogen (secondary N) is 2. The van der Waals surface area contributed by atoms with Crippen LogP contribution in [0.4, 0.5) is 8.78 Å².